The minimum absolute atomic E-state index is 0.00648. The van der Waals surface area contributed by atoms with E-state index in [2.05, 4.69) is 4.90 Å². The molecule has 13 heteroatoms. The Bertz CT molecular complexity index is 1350. The summed E-state index contributed by atoms with van der Waals surface area (Å²) in [6.07, 6.45) is 1.02. The number of hydrogen-bond donors (Lipinski definition) is 1. The van der Waals surface area contributed by atoms with Gasteiger partial charge in [0.05, 0.1) is 35.1 Å². The van der Waals surface area contributed by atoms with Gasteiger partial charge in [-0.2, -0.15) is 0 Å². The molecule has 0 saturated carbocycles. The molecule has 2 aromatic carbocycles. The van der Waals surface area contributed by atoms with Crippen molar-refractivity contribution in [2.75, 3.05) is 68.5 Å². The lowest BCUT2D eigenvalue weighted by Crippen LogP contribution is -2.49. The SMILES string of the molecule is CS(=O)(=O)c1ccc(N2CCN(C(=O)Cc3cc(S(N)(=O)=O)ccc3N3CCOCC3)CC2)c(F)c1. The minimum atomic E-state index is -3.94. The molecule has 0 aromatic heterocycles. The highest BCUT2D eigenvalue weighted by molar-refractivity contribution is 7.90. The van der Waals surface area contributed by atoms with Crippen LogP contribution in [0.25, 0.3) is 0 Å². The van der Waals surface area contributed by atoms with Crippen LogP contribution in [0.1, 0.15) is 5.56 Å². The number of anilines is 2. The number of rotatable bonds is 6. The fraction of sp³-hybridized carbons (Fsp3) is 0.435. The van der Waals surface area contributed by atoms with Gasteiger partial charge in [0.25, 0.3) is 0 Å². The molecule has 0 bridgehead atoms. The number of primary sulfonamides is 1. The number of benzene rings is 2. The molecule has 0 spiro atoms. The van der Waals surface area contributed by atoms with Gasteiger partial charge in [0.2, 0.25) is 15.9 Å². The van der Waals surface area contributed by atoms with E-state index in [0.717, 1.165) is 18.0 Å². The molecule has 2 fully saturated rings. The molecule has 2 heterocycles. The molecule has 0 radical (unpaired) electrons. The lowest BCUT2D eigenvalue weighted by Gasteiger charge is -2.36. The molecule has 2 aromatic rings. The summed E-state index contributed by atoms with van der Waals surface area (Å²) in [6.45, 7) is 3.74. The number of carbonyl (C=O) groups excluding carboxylic acids is 1. The van der Waals surface area contributed by atoms with Crippen LogP contribution in [0.3, 0.4) is 0 Å². The molecule has 1 amide bonds. The molecule has 2 aliphatic rings. The van der Waals surface area contributed by atoms with E-state index in [4.69, 9.17) is 9.88 Å². The molecule has 2 saturated heterocycles. The van der Waals surface area contributed by atoms with E-state index in [1.54, 1.807) is 15.9 Å². The number of ether oxygens (including phenoxy) is 1. The Hall–Kier alpha value is -2.74. The zero-order valence-corrected chi connectivity index (χ0v) is 21.5. The van der Waals surface area contributed by atoms with E-state index in [-0.39, 0.29) is 27.8 Å². The lowest BCUT2D eigenvalue weighted by molar-refractivity contribution is -0.130. The summed E-state index contributed by atoms with van der Waals surface area (Å²) in [7, 11) is -7.45. The van der Waals surface area contributed by atoms with Gasteiger partial charge in [0.1, 0.15) is 5.82 Å². The van der Waals surface area contributed by atoms with Crippen molar-refractivity contribution < 1.29 is 30.8 Å². The first-order valence-corrected chi connectivity index (χ1v) is 14.9. The third-order valence-corrected chi connectivity index (χ3v) is 8.41. The summed E-state index contributed by atoms with van der Waals surface area (Å²) in [5.41, 5.74) is 1.62. The molecule has 2 N–H and O–H groups in total. The zero-order chi connectivity index (χ0) is 26.1. The van der Waals surface area contributed by atoms with E-state index in [1.807, 2.05) is 0 Å². The van der Waals surface area contributed by atoms with Crippen molar-refractivity contribution in [2.45, 2.75) is 16.2 Å². The second kappa shape index (κ2) is 10.3. The lowest BCUT2D eigenvalue weighted by atomic mass is 10.1. The highest BCUT2D eigenvalue weighted by Gasteiger charge is 2.26. The number of hydrogen-bond acceptors (Lipinski definition) is 8. The van der Waals surface area contributed by atoms with Crippen molar-refractivity contribution in [3.63, 3.8) is 0 Å². The van der Waals surface area contributed by atoms with Gasteiger partial charge in [-0.3, -0.25) is 4.79 Å². The van der Waals surface area contributed by atoms with E-state index in [9.17, 15) is 26.0 Å². The number of amides is 1. The number of piperazine rings is 1. The molecule has 196 valence electrons. The number of sulfone groups is 1. The Kier molecular flexibility index (Phi) is 7.55. The van der Waals surface area contributed by atoms with Crippen molar-refractivity contribution in [2.24, 2.45) is 5.14 Å². The molecular formula is C23H29FN4O6S2. The number of sulfonamides is 1. The van der Waals surface area contributed by atoms with Gasteiger partial charge in [-0.1, -0.05) is 0 Å². The average Bonchev–Trinajstić information content (AvgIpc) is 2.83. The van der Waals surface area contributed by atoms with Gasteiger partial charge in [0, 0.05) is 51.2 Å². The van der Waals surface area contributed by atoms with Crippen LogP contribution >= 0.6 is 0 Å². The van der Waals surface area contributed by atoms with Crippen LogP contribution < -0.4 is 14.9 Å². The van der Waals surface area contributed by atoms with Crippen LogP contribution in [0.15, 0.2) is 46.2 Å². The van der Waals surface area contributed by atoms with E-state index >= 15 is 0 Å². The second-order valence-electron chi connectivity index (χ2n) is 8.86. The molecule has 36 heavy (non-hydrogen) atoms. The van der Waals surface area contributed by atoms with Gasteiger partial charge in [0.15, 0.2) is 9.84 Å². The predicted octanol–water partition coefficient (Wildman–Crippen LogP) is 0.605. The average molecular weight is 541 g/mol. The summed E-state index contributed by atoms with van der Waals surface area (Å²) >= 11 is 0. The van der Waals surface area contributed by atoms with Crippen LogP contribution in [-0.4, -0.2) is 86.4 Å². The number of carbonyl (C=O) groups is 1. The third kappa shape index (κ3) is 5.97. The molecular weight excluding hydrogens is 511 g/mol. The highest BCUT2D eigenvalue weighted by atomic mass is 32.2. The Balaban J connectivity index is 1.47. The number of morpholine rings is 1. The van der Waals surface area contributed by atoms with Crippen molar-refractivity contribution in [1.82, 2.24) is 4.90 Å². The van der Waals surface area contributed by atoms with Crippen molar-refractivity contribution in [3.8, 4) is 0 Å². The van der Waals surface area contributed by atoms with Crippen LogP contribution in [0.5, 0.6) is 0 Å². The largest absolute Gasteiger partial charge is 0.378 e. The normalized spacial score (nSPS) is 17.4. The number of halogens is 1. The highest BCUT2D eigenvalue weighted by Crippen LogP contribution is 2.27. The van der Waals surface area contributed by atoms with E-state index in [1.165, 1.54) is 24.3 Å². The molecule has 10 nitrogen and oxygen atoms in total. The molecule has 0 aliphatic carbocycles. The number of nitrogens with zero attached hydrogens (tertiary/aromatic N) is 3. The fourth-order valence-electron chi connectivity index (χ4n) is 4.44. The summed E-state index contributed by atoms with van der Waals surface area (Å²) in [5.74, 6) is -0.809. The first kappa shape index (κ1) is 26.3. The van der Waals surface area contributed by atoms with E-state index in [0.29, 0.717) is 58.0 Å². The predicted molar refractivity (Wildman–Crippen MR) is 133 cm³/mol. The third-order valence-electron chi connectivity index (χ3n) is 6.39. The quantitative estimate of drug-likeness (QED) is 0.564. The monoisotopic (exact) mass is 540 g/mol. The first-order valence-electron chi connectivity index (χ1n) is 11.4. The summed E-state index contributed by atoms with van der Waals surface area (Å²) in [6, 6.07) is 8.39. The van der Waals surface area contributed by atoms with Gasteiger partial charge in [-0.05, 0) is 42.0 Å². The smallest absolute Gasteiger partial charge is 0.238 e. The van der Waals surface area contributed by atoms with Gasteiger partial charge in [-0.25, -0.2) is 26.4 Å². The maximum absolute atomic E-state index is 14.6. The zero-order valence-electron chi connectivity index (χ0n) is 19.9. The molecule has 0 atom stereocenters. The maximum Gasteiger partial charge on any atom is 0.238 e. The van der Waals surface area contributed by atoms with Gasteiger partial charge in [-0.15, -0.1) is 0 Å². The van der Waals surface area contributed by atoms with Crippen LogP contribution in [0.2, 0.25) is 0 Å². The second-order valence-corrected chi connectivity index (χ2v) is 12.4. The Morgan fingerprint density at radius 3 is 2.06 bits per heavy atom. The fourth-order valence-corrected chi connectivity index (χ4v) is 5.64. The minimum Gasteiger partial charge on any atom is -0.378 e. The topological polar surface area (TPSA) is 130 Å². The summed E-state index contributed by atoms with van der Waals surface area (Å²) < 4.78 is 67.2. The maximum atomic E-state index is 14.6. The van der Waals surface area contributed by atoms with Crippen molar-refractivity contribution >= 4 is 37.1 Å². The van der Waals surface area contributed by atoms with Gasteiger partial charge >= 0.3 is 0 Å². The Labute approximate surface area is 210 Å². The van der Waals surface area contributed by atoms with Gasteiger partial charge < -0.3 is 19.4 Å². The standard InChI is InChI=1S/C23H29FN4O6S2/c1-35(30,31)18-2-5-22(20(24)16-18)26-6-8-28(9-7-26)23(29)15-17-14-19(36(25,32)33)3-4-21(17)27-10-12-34-13-11-27/h2-5,14,16H,6-13,15H2,1H3,(H2,25,32,33). The number of nitrogens with two attached hydrogens (primary N) is 1. The molecule has 4 rings (SSSR count). The Morgan fingerprint density at radius 1 is 0.889 bits per heavy atom. The van der Waals surface area contributed by atoms with Crippen molar-refractivity contribution in [1.29, 1.82) is 0 Å². The molecule has 2 aliphatic heterocycles. The van der Waals surface area contributed by atoms with Crippen LogP contribution in [0, 0.1) is 5.82 Å². The van der Waals surface area contributed by atoms with Crippen LogP contribution in [-0.2, 0) is 35.8 Å². The molecule has 0 unspecified atom stereocenters. The summed E-state index contributed by atoms with van der Waals surface area (Å²) in [5, 5.41) is 5.32. The van der Waals surface area contributed by atoms with E-state index < -0.39 is 25.7 Å². The first-order chi connectivity index (χ1) is 16.9. The summed E-state index contributed by atoms with van der Waals surface area (Å²) in [4.78, 5) is 18.5. The van der Waals surface area contributed by atoms with Crippen LogP contribution in [0.4, 0.5) is 15.8 Å². The Morgan fingerprint density at radius 2 is 1.47 bits per heavy atom. The van der Waals surface area contributed by atoms with Crippen molar-refractivity contribution in [3.05, 3.63) is 47.8 Å².